The number of rotatable bonds is 1. The summed E-state index contributed by atoms with van der Waals surface area (Å²) in [6.07, 6.45) is 3.32. The van der Waals surface area contributed by atoms with Crippen molar-refractivity contribution in [2.45, 2.75) is 0 Å². The molecule has 0 bridgehead atoms. The van der Waals surface area contributed by atoms with Gasteiger partial charge in [0, 0.05) is 18.0 Å². The molecule has 4 heteroatoms. The highest BCUT2D eigenvalue weighted by atomic mass is 35.5. The molecule has 54 valence electrons. The first-order valence-electron chi connectivity index (χ1n) is 2.50. The first-order chi connectivity index (χ1) is 4.30. The van der Waals surface area contributed by atoms with E-state index in [0.717, 1.165) is 5.56 Å². The zero-order chi connectivity index (χ0) is 6.69. The van der Waals surface area contributed by atoms with Crippen molar-refractivity contribution in [2.24, 2.45) is 5.73 Å². The summed E-state index contributed by atoms with van der Waals surface area (Å²) in [4.78, 5) is 4.23. The predicted octanol–water partition coefficient (Wildman–Crippen LogP) is 1.14. The standard InChI is InChI=1S/C6H6N2S.ClH/c7-6(9)5-1-3-8-4-2-5;/h1-4H,(H2,7,9);1H. The van der Waals surface area contributed by atoms with Crippen molar-refractivity contribution >= 4 is 29.6 Å². The Morgan fingerprint density at radius 2 is 1.90 bits per heavy atom. The summed E-state index contributed by atoms with van der Waals surface area (Å²) in [6.45, 7) is 0. The van der Waals surface area contributed by atoms with Crippen LogP contribution >= 0.6 is 24.6 Å². The van der Waals surface area contributed by atoms with Gasteiger partial charge in [-0.25, -0.2) is 0 Å². The maximum atomic E-state index is 5.32. The Morgan fingerprint density at radius 3 is 2.20 bits per heavy atom. The zero-order valence-corrected chi connectivity index (χ0v) is 6.78. The van der Waals surface area contributed by atoms with Crippen molar-refractivity contribution in [3.05, 3.63) is 30.1 Å². The van der Waals surface area contributed by atoms with E-state index in [1.807, 2.05) is 0 Å². The first kappa shape index (κ1) is 9.33. The third-order valence-corrected chi connectivity index (χ3v) is 1.20. The van der Waals surface area contributed by atoms with Gasteiger partial charge in [0.05, 0.1) is 0 Å². The number of hydrogen-bond acceptors (Lipinski definition) is 2. The van der Waals surface area contributed by atoms with Gasteiger partial charge in [0.1, 0.15) is 4.99 Å². The van der Waals surface area contributed by atoms with Crippen LogP contribution in [0, 0.1) is 0 Å². The molecule has 1 rings (SSSR count). The lowest BCUT2D eigenvalue weighted by molar-refractivity contribution is 1.32. The molecule has 2 nitrogen and oxygen atoms in total. The summed E-state index contributed by atoms with van der Waals surface area (Å²) >= 11 is 4.71. The highest BCUT2D eigenvalue weighted by Crippen LogP contribution is 1.93. The summed E-state index contributed by atoms with van der Waals surface area (Å²) < 4.78 is 0. The fraction of sp³-hybridized carbons (Fsp3) is 0. The summed E-state index contributed by atoms with van der Waals surface area (Å²) in [5.41, 5.74) is 6.18. The Labute approximate surface area is 70.9 Å². The number of thiocarbonyl (C=S) groups is 1. The fourth-order valence-electron chi connectivity index (χ4n) is 0.516. The molecule has 1 aromatic rings. The lowest BCUT2D eigenvalue weighted by atomic mass is 10.3. The average molecular weight is 175 g/mol. The van der Waals surface area contributed by atoms with Crippen molar-refractivity contribution in [1.29, 1.82) is 0 Å². The number of pyridine rings is 1. The third kappa shape index (κ3) is 2.29. The van der Waals surface area contributed by atoms with Crippen molar-refractivity contribution in [3.8, 4) is 0 Å². The van der Waals surface area contributed by atoms with Gasteiger partial charge in [0.25, 0.3) is 0 Å². The minimum Gasteiger partial charge on any atom is -0.389 e. The van der Waals surface area contributed by atoms with Crippen molar-refractivity contribution in [1.82, 2.24) is 4.98 Å². The van der Waals surface area contributed by atoms with E-state index in [1.54, 1.807) is 24.5 Å². The molecule has 0 radical (unpaired) electrons. The molecule has 0 amide bonds. The summed E-state index contributed by atoms with van der Waals surface area (Å²) in [5, 5.41) is 0. The molecular weight excluding hydrogens is 168 g/mol. The Balaban J connectivity index is 0.000000810. The number of halogens is 1. The van der Waals surface area contributed by atoms with Crippen molar-refractivity contribution in [3.63, 3.8) is 0 Å². The summed E-state index contributed by atoms with van der Waals surface area (Å²) in [7, 11) is 0. The number of aromatic nitrogens is 1. The second kappa shape index (κ2) is 4.19. The predicted molar refractivity (Wildman–Crippen MR) is 47.4 cm³/mol. The van der Waals surface area contributed by atoms with Crippen molar-refractivity contribution in [2.75, 3.05) is 0 Å². The Kier molecular flexibility index (Phi) is 3.91. The Morgan fingerprint density at radius 1 is 1.40 bits per heavy atom. The normalized spacial score (nSPS) is 8.00. The molecule has 0 aromatic carbocycles. The van der Waals surface area contributed by atoms with E-state index < -0.39 is 0 Å². The lowest BCUT2D eigenvalue weighted by Crippen LogP contribution is -2.08. The second-order valence-electron chi connectivity index (χ2n) is 1.60. The molecule has 1 aromatic heterocycles. The maximum Gasteiger partial charge on any atom is 0.104 e. The highest BCUT2D eigenvalue weighted by molar-refractivity contribution is 7.80. The van der Waals surface area contributed by atoms with Crippen LogP contribution in [-0.4, -0.2) is 9.97 Å². The topological polar surface area (TPSA) is 38.9 Å². The number of nitrogens with two attached hydrogens (primary N) is 1. The highest BCUT2D eigenvalue weighted by Gasteiger charge is 1.89. The molecule has 1 heterocycles. The maximum absolute atomic E-state index is 5.32. The van der Waals surface area contributed by atoms with E-state index in [-0.39, 0.29) is 12.4 Å². The van der Waals surface area contributed by atoms with E-state index in [9.17, 15) is 0 Å². The van der Waals surface area contributed by atoms with Gasteiger partial charge in [-0.05, 0) is 12.1 Å². The van der Waals surface area contributed by atoms with E-state index in [1.165, 1.54) is 0 Å². The molecule has 0 spiro atoms. The molecule has 0 aliphatic carbocycles. The van der Waals surface area contributed by atoms with Crippen LogP contribution in [-0.2, 0) is 0 Å². The molecule has 0 fully saturated rings. The van der Waals surface area contributed by atoms with Gasteiger partial charge in [-0.2, -0.15) is 0 Å². The molecule has 0 saturated carbocycles. The number of nitrogens with zero attached hydrogens (tertiary/aromatic N) is 1. The molecule has 10 heavy (non-hydrogen) atoms. The largest absolute Gasteiger partial charge is 0.389 e. The van der Waals surface area contributed by atoms with Crippen LogP contribution in [0.25, 0.3) is 0 Å². The molecule has 2 N–H and O–H groups in total. The molecule has 0 atom stereocenters. The summed E-state index contributed by atoms with van der Waals surface area (Å²) in [5.74, 6) is 0. The Hall–Kier alpha value is -0.670. The van der Waals surface area contributed by atoms with Crippen LogP contribution in [0.1, 0.15) is 5.56 Å². The van der Waals surface area contributed by atoms with Crippen LogP contribution in [0.5, 0.6) is 0 Å². The minimum absolute atomic E-state index is 0. The van der Waals surface area contributed by atoms with E-state index >= 15 is 0 Å². The van der Waals surface area contributed by atoms with Gasteiger partial charge in [-0.3, -0.25) is 4.98 Å². The summed E-state index contributed by atoms with van der Waals surface area (Å²) in [6, 6.07) is 3.56. The van der Waals surface area contributed by atoms with Crippen LogP contribution < -0.4 is 5.73 Å². The quantitative estimate of drug-likeness (QED) is 0.649. The van der Waals surface area contributed by atoms with Crippen LogP contribution in [0.4, 0.5) is 0 Å². The van der Waals surface area contributed by atoms with E-state index in [4.69, 9.17) is 18.0 Å². The SMILES string of the molecule is Cl.NC(=S)c1ccncc1. The van der Waals surface area contributed by atoms with Gasteiger partial charge < -0.3 is 5.73 Å². The van der Waals surface area contributed by atoms with Gasteiger partial charge >= 0.3 is 0 Å². The van der Waals surface area contributed by atoms with Gasteiger partial charge in [-0.15, -0.1) is 12.4 Å². The third-order valence-electron chi connectivity index (χ3n) is 0.965. The van der Waals surface area contributed by atoms with Crippen molar-refractivity contribution < 1.29 is 0 Å². The lowest BCUT2D eigenvalue weighted by Gasteiger charge is -1.92. The van der Waals surface area contributed by atoms with Gasteiger partial charge in [-0.1, -0.05) is 12.2 Å². The van der Waals surface area contributed by atoms with Crippen LogP contribution in [0.15, 0.2) is 24.5 Å². The smallest absolute Gasteiger partial charge is 0.104 e. The van der Waals surface area contributed by atoms with Crippen LogP contribution in [0.3, 0.4) is 0 Å². The van der Waals surface area contributed by atoms with E-state index in [2.05, 4.69) is 4.98 Å². The van der Waals surface area contributed by atoms with Gasteiger partial charge in [0.15, 0.2) is 0 Å². The van der Waals surface area contributed by atoms with Crippen LogP contribution in [0.2, 0.25) is 0 Å². The first-order valence-corrected chi connectivity index (χ1v) is 2.91. The molecule has 0 saturated heterocycles. The monoisotopic (exact) mass is 174 g/mol. The number of hydrogen-bond donors (Lipinski definition) is 1. The second-order valence-corrected chi connectivity index (χ2v) is 2.04. The Bertz CT molecular complexity index is 212. The average Bonchev–Trinajstić information content (AvgIpc) is 1.90. The molecule has 0 aliphatic heterocycles. The minimum atomic E-state index is 0. The molecular formula is C6H7ClN2S. The zero-order valence-electron chi connectivity index (χ0n) is 5.15. The molecule has 0 unspecified atom stereocenters. The van der Waals surface area contributed by atoms with Gasteiger partial charge in [0.2, 0.25) is 0 Å². The fourth-order valence-corrected chi connectivity index (χ4v) is 0.652. The molecule has 0 aliphatic rings. The van der Waals surface area contributed by atoms with E-state index in [0.29, 0.717) is 4.99 Å².